The third-order valence-corrected chi connectivity index (χ3v) is 2.21. The summed E-state index contributed by atoms with van der Waals surface area (Å²) in [6, 6.07) is 6.30. The van der Waals surface area contributed by atoms with Crippen molar-refractivity contribution in [3.63, 3.8) is 0 Å². The van der Waals surface area contributed by atoms with E-state index < -0.39 is 0 Å². The Hall–Kier alpha value is -1.02. The summed E-state index contributed by atoms with van der Waals surface area (Å²) in [5.74, 6) is 0. The second kappa shape index (κ2) is 4.87. The first-order valence-electron chi connectivity index (χ1n) is 4.61. The van der Waals surface area contributed by atoms with Crippen LogP contribution in [0.3, 0.4) is 0 Å². The molecule has 0 atom stereocenters. The summed E-state index contributed by atoms with van der Waals surface area (Å²) in [6.07, 6.45) is 1.05. The quantitative estimate of drug-likeness (QED) is 0.766. The molecule has 0 amide bonds. The Balaban J connectivity index is 3.05. The van der Waals surface area contributed by atoms with Crippen LogP contribution in [0.25, 0.3) is 0 Å². The number of ether oxygens (including phenoxy) is 1. The highest BCUT2D eigenvalue weighted by Crippen LogP contribution is 2.20. The highest BCUT2D eigenvalue weighted by molar-refractivity contribution is 5.54. The molecule has 0 aliphatic heterocycles. The van der Waals surface area contributed by atoms with E-state index in [2.05, 4.69) is 30.4 Å². The molecule has 0 spiro atoms. The minimum Gasteiger partial charge on any atom is -0.388 e. The fraction of sp³-hybridized carbons (Fsp3) is 0.455. The van der Waals surface area contributed by atoms with Crippen LogP contribution in [0.1, 0.15) is 18.1 Å². The molecule has 0 bridgehead atoms. The van der Waals surface area contributed by atoms with Crippen molar-refractivity contribution >= 4 is 5.69 Å². The average Bonchev–Trinajstić information content (AvgIpc) is 2.18. The van der Waals surface area contributed by atoms with Crippen LogP contribution >= 0.6 is 0 Å². The summed E-state index contributed by atoms with van der Waals surface area (Å²) >= 11 is 0. The molecule has 0 saturated heterocycles. The molecule has 0 aliphatic rings. The lowest BCUT2D eigenvalue weighted by atomic mass is 10.0. The predicted octanol–water partition coefficient (Wildman–Crippen LogP) is 2.44. The van der Waals surface area contributed by atoms with Crippen LogP contribution < -0.4 is 5.32 Å². The molecule has 1 aromatic rings. The van der Waals surface area contributed by atoms with E-state index in [1.165, 1.54) is 16.8 Å². The van der Waals surface area contributed by atoms with Gasteiger partial charge in [0.15, 0.2) is 0 Å². The summed E-state index contributed by atoms with van der Waals surface area (Å²) in [6.45, 7) is 2.84. The highest BCUT2D eigenvalue weighted by Gasteiger charge is 2.04. The molecule has 72 valence electrons. The van der Waals surface area contributed by atoms with E-state index in [0.717, 1.165) is 6.42 Å². The number of rotatable bonds is 4. The molecule has 13 heavy (non-hydrogen) atoms. The fourth-order valence-corrected chi connectivity index (χ4v) is 1.51. The van der Waals surface area contributed by atoms with Gasteiger partial charge in [0.2, 0.25) is 0 Å². The molecule has 0 saturated carbocycles. The fourth-order valence-electron chi connectivity index (χ4n) is 1.51. The van der Waals surface area contributed by atoms with Gasteiger partial charge in [-0.25, -0.2) is 0 Å². The van der Waals surface area contributed by atoms with Crippen molar-refractivity contribution in [3.8, 4) is 0 Å². The molecule has 0 fully saturated rings. The van der Waals surface area contributed by atoms with Crippen LogP contribution in [0, 0.1) is 0 Å². The van der Waals surface area contributed by atoms with Gasteiger partial charge >= 0.3 is 0 Å². The smallest absolute Gasteiger partial charge is 0.0735 e. The third kappa shape index (κ3) is 2.22. The molecule has 1 aromatic carbocycles. The lowest BCUT2D eigenvalue weighted by molar-refractivity contribution is 0.184. The van der Waals surface area contributed by atoms with E-state index in [0.29, 0.717) is 6.61 Å². The van der Waals surface area contributed by atoms with Gasteiger partial charge in [0.25, 0.3) is 0 Å². The van der Waals surface area contributed by atoms with Crippen molar-refractivity contribution in [1.82, 2.24) is 0 Å². The van der Waals surface area contributed by atoms with Gasteiger partial charge in [0.1, 0.15) is 0 Å². The zero-order chi connectivity index (χ0) is 9.68. The Labute approximate surface area is 79.9 Å². The van der Waals surface area contributed by atoms with Crippen molar-refractivity contribution in [2.45, 2.75) is 20.0 Å². The molecule has 0 heterocycles. The molecular formula is C11H17NO. The SMILES string of the molecule is CCc1cccc(NC)c1COC. The van der Waals surface area contributed by atoms with Crippen molar-refractivity contribution in [2.24, 2.45) is 0 Å². The molecule has 1 N–H and O–H groups in total. The Morgan fingerprint density at radius 3 is 2.69 bits per heavy atom. The van der Waals surface area contributed by atoms with Crippen LogP contribution in [0.4, 0.5) is 5.69 Å². The zero-order valence-corrected chi connectivity index (χ0v) is 8.55. The molecule has 0 unspecified atom stereocenters. The molecule has 0 radical (unpaired) electrons. The summed E-state index contributed by atoms with van der Waals surface area (Å²) in [7, 11) is 3.67. The number of methoxy groups -OCH3 is 1. The first-order chi connectivity index (χ1) is 6.33. The number of aryl methyl sites for hydroxylation is 1. The number of nitrogens with one attached hydrogen (secondary N) is 1. The zero-order valence-electron chi connectivity index (χ0n) is 8.55. The minimum atomic E-state index is 0.681. The van der Waals surface area contributed by atoms with Gasteiger partial charge < -0.3 is 10.1 Å². The van der Waals surface area contributed by atoms with Crippen molar-refractivity contribution < 1.29 is 4.74 Å². The van der Waals surface area contributed by atoms with Gasteiger partial charge in [0.05, 0.1) is 6.61 Å². The minimum absolute atomic E-state index is 0.681. The van der Waals surface area contributed by atoms with Gasteiger partial charge in [-0.15, -0.1) is 0 Å². The first-order valence-corrected chi connectivity index (χ1v) is 4.61. The molecule has 2 nitrogen and oxygen atoms in total. The van der Waals surface area contributed by atoms with E-state index in [9.17, 15) is 0 Å². The maximum absolute atomic E-state index is 5.17. The van der Waals surface area contributed by atoms with Gasteiger partial charge in [0, 0.05) is 25.4 Å². The monoisotopic (exact) mass is 179 g/mol. The summed E-state index contributed by atoms with van der Waals surface area (Å²) < 4.78 is 5.17. The maximum Gasteiger partial charge on any atom is 0.0735 e. The Morgan fingerprint density at radius 1 is 1.38 bits per heavy atom. The molecule has 1 rings (SSSR count). The second-order valence-electron chi connectivity index (χ2n) is 2.98. The highest BCUT2D eigenvalue weighted by atomic mass is 16.5. The lowest BCUT2D eigenvalue weighted by Crippen LogP contribution is -2.01. The van der Waals surface area contributed by atoms with E-state index in [1.54, 1.807) is 7.11 Å². The van der Waals surface area contributed by atoms with E-state index in [4.69, 9.17) is 4.74 Å². The first kappa shape index (κ1) is 10.1. The van der Waals surface area contributed by atoms with Crippen LogP contribution in [-0.2, 0) is 17.8 Å². The molecule has 2 heteroatoms. The van der Waals surface area contributed by atoms with Crippen molar-refractivity contribution in [3.05, 3.63) is 29.3 Å². The van der Waals surface area contributed by atoms with Crippen LogP contribution in [-0.4, -0.2) is 14.2 Å². The van der Waals surface area contributed by atoms with Gasteiger partial charge in [-0.05, 0) is 18.1 Å². The van der Waals surface area contributed by atoms with E-state index >= 15 is 0 Å². The van der Waals surface area contributed by atoms with Crippen LogP contribution in [0.15, 0.2) is 18.2 Å². The summed E-state index contributed by atoms with van der Waals surface area (Å²) in [4.78, 5) is 0. The summed E-state index contributed by atoms with van der Waals surface area (Å²) in [5, 5.41) is 3.18. The molecular weight excluding hydrogens is 162 g/mol. The van der Waals surface area contributed by atoms with Crippen LogP contribution in [0.5, 0.6) is 0 Å². The van der Waals surface area contributed by atoms with Gasteiger partial charge in [-0.2, -0.15) is 0 Å². The van der Waals surface area contributed by atoms with E-state index in [-0.39, 0.29) is 0 Å². The predicted molar refractivity (Wildman–Crippen MR) is 56.1 cm³/mol. The van der Waals surface area contributed by atoms with Gasteiger partial charge in [-0.1, -0.05) is 19.1 Å². The average molecular weight is 179 g/mol. The number of hydrogen-bond acceptors (Lipinski definition) is 2. The third-order valence-electron chi connectivity index (χ3n) is 2.21. The van der Waals surface area contributed by atoms with Crippen LogP contribution in [0.2, 0.25) is 0 Å². The van der Waals surface area contributed by atoms with Crippen molar-refractivity contribution in [2.75, 3.05) is 19.5 Å². The van der Waals surface area contributed by atoms with Gasteiger partial charge in [-0.3, -0.25) is 0 Å². The normalized spacial score (nSPS) is 10.1. The standard InChI is InChI=1S/C11H17NO/c1-4-9-6-5-7-11(12-2)10(9)8-13-3/h5-7,12H,4,8H2,1-3H3. The second-order valence-corrected chi connectivity index (χ2v) is 2.98. The maximum atomic E-state index is 5.17. The number of hydrogen-bond donors (Lipinski definition) is 1. The Bertz CT molecular complexity index is 249. The van der Waals surface area contributed by atoms with E-state index in [1.807, 2.05) is 7.05 Å². The summed E-state index contributed by atoms with van der Waals surface area (Å²) in [5.41, 5.74) is 3.80. The Morgan fingerprint density at radius 2 is 2.15 bits per heavy atom. The molecule has 0 aliphatic carbocycles. The Kier molecular flexibility index (Phi) is 3.77. The largest absolute Gasteiger partial charge is 0.388 e. The topological polar surface area (TPSA) is 21.3 Å². The number of benzene rings is 1. The van der Waals surface area contributed by atoms with Crippen molar-refractivity contribution in [1.29, 1.82) is 0 Å². The number of anilines is 1. The molecule has 0 aromatic heterocycles. The lowest BCUT2D eigenvalue weighted by Gasteiger charge is -2.12.